The number of aromatic nitrogens is 3. The van der Waals surface area contributed by atoms with Crippen LogP contribution in [0.3, 0.4) is 0 Å². The Hall–Kier alpha value is -1.93. The Balaban J connectivity index is 1.85. The van der Waals surface area contributed by atoms with E-state index < -0.39 is 9.84 Å². The van der Waals surface area contributed by atoms with E-state index in [9.17, 15) is 13.2 Å². The van der Waals surface area contributed by atoms with Crippen molar-refractivity contribution >= 4 is 31.4 Å². The molecule has 22 heavy (non-hydrogen) atoms. The smallest absolute Gasteiger partial charge is 0.250 e. The maximum atomic E-state index is 12.3. The molecule has 0 aliphatic rings. The average Bonchev–Trinajstić information content (AvgIpc) is 2.83. The van der Waals surface area contributed by atoms with Crippen molar-refractivity contribution in [1.29, 1.82) is 0 Å². The highest BCUT2D eigenvalue weighted by molar-refractivity contribution is 9.10. The van der Waals surface area contributed by atoms with Gasteiger partial charge in [0, 0.05) is 10.7 Å². The lowest BCUT2D eigenvalue weighted by atomic mass is 10.4. The highest BCUT2D eigenvalue weighted by Crippen LogP contribution is 2.16. The van der Waals surface area contributed by atoms with E-state index >= 15 is 0 Å². The van der Waals surface area contributed by atoms with Gasteiger partial charge in [0.2, 0.25) is 0 Å². The van der Waals surface area contributed by atoms with E-state index in [1.165, 1.54) is 21.2 Å². The molecule has 3 rings (SSSR count). The highest BCUT2D eigenvalue weighted by Gasteiger charge is 2.16. The topological polar surface area (TPSA) is 73.4 Å². The minimum absolute atomic E-state index is 0.0128. The molecule has 0 saturated carbocycles. The van der Waals surface area contributed by atoms with Crippen LogP contribution in [0.1, 0.15) is 0 Å². The summed E-state index contributed by atoms with van der Waals surface area (Å²) in [6.45, 7) is 0.0128. The van der Waals surface area contributed by atoms with Gasteiger partial charge in [0.15, 0.2) is 15.5 Å². The highest BCUT2D eigenvalue weighted by atomic mass is 79.9. The van der Waals surface area contributed by atoms with Gasteiger partial charge in [0.05, 0.1) is 17.2 Å². The standard InChI is InChI=1S/C14H12BrN3O3S/c15-11-4-6-12(7-5-11)22(20,21)10-9-18-14(19)17-8-2-1-3-13(17)16-18/h1-8H,9-10H2. The zero-order valence-electron chi connectivity index (χ0n) is 11.4. The Bertz CT molecular complexity index is 974. The lowest BCUT2D eigenvalue weighted by molar-refractivity contribution is 0.576. The maximum Gasteiger partial charge on any atom is 0.350 e. The maximum absolute atomic E-state index is 12.3. The predicted molar refractivity (Wildman–Crippen MR) is 85.6 cm³/mol. The van der Waals surface area contributed by atoms with Gasteiger partial charge in [-0.15, -0.1) is 5.10 Å². The van der Waals surface area contributed by atoms with Crippen molar-refractivity contribution in [1.82, 2.24) is 14.2 Å². The van der Waals surface area contributed by atoms with Crippen LogP contribution in [0.2, 0.25) is 0 Å². The summed E-state index contributed by atoms with van der Waals surface area (Å²) >= 11 is 3.26. The fourth-order valence-corrected chi connectivity index (χ4v) is 3.54. The second kappa shape index (κ2) is 5.69. The van der Waals surface area contributed by atoms with Crippen LogP contribution in [0.5, 0.6) is 0 Å². The lowest BCUT2D eigenvalue weighted by Crippen LogP contribution is -2.25. The van der Waals surface area contributed by atoms with Crippen molar-refractivity contribution in [2.24, 2.45) is 0 Å². The summed E-state index contributed by atoms with van der Waals surface area (Å²) in [6.07, 6.45) is 1.60. The van der Waals surface area contributed by atoms with E-state index in [0.717, 1.165) is 4.47 Å². The van der Waals surface area contributed by atoms with Crippen LogP contribution in [0.15, 0.2) is 62.8 Å². The molecule has 2 aromatic heterocycles. The van der Waals surface area contributed by atoms with Crippen molar-refractivity contribution in [2.75, 3.05) is 5.75 Å². The molecule has 0 bridgehead atoms. The van der Waals surface area contributed by atoms with Gasteiger partial charge in [0.1, 0.15) is 0 Å². The molecular weight excluding hydrogens is 370 g/mol. The van der Waals surface area contributed by atoms with E-state index in [4.69, 9.17) is 0 Å². The van der Waals surface area contributed by atoms with Crippen molar-refractivity contribution in [3.05, 3.63) is 63.6 Å². The van der Waals surface area contributed by atoms with Gasteiger partial charge < -0.3 is 0 Å². The third kappa shape index (κ3) is 2.84. The third-order valence-corrected chi connectivity index (χ3v) is 5.47. The first-order valence-electron chi connectivity index (χ1n) is 6.50. The SMILES string of the molecule is O=c1n(CCS(=O)(=O)c2ccc(Br)cc2)nc2ccccn12. The van der Waals surface area contributed by atoms with Gasteiger partial charge in [-0.3, -0.25) is 4.40 Å². The molecule has 114 valence electrons. The first-order chi connectivity index (χ1) is 10.5. The Kier molecular flexibility index (Phi) is 3.88. The molecule has 0 aliphatic carbocycles. The molecule has 6 nitrogen and oxygen atoms in total. The molecule has 0 fully saturated rings. The summed E-state index contributed by atoms with van der Waals surface area (Å²) < 4.78 is 27.9. The number of rotatable bonds is 4. The summed E-state index contributed by atoms with van der Waals surface area (Å²) in [5, 5.41) is 4.12. The zero-order valence-corrected chi connectivity index (χ0v) is 13.8. The number of fused-ring (bicyclic) bond motifs is 1. The van der Waals surface area contributed by atoms with Crippen LogP contribution >= 0.6 is 15.9 Å². The Morgan fingerprint density at radius 3 is 2.50 bits per heavy atom. The van der Waals surface area contributed by atoms with Gasteiger partial charge in [0.25, 0.3) is 0 Å². The summed E-state index contributed by atoms with van der Waals surface area (Å²) in [6, 6.07) is 11.6. The molecule has 0 aliphatic heterocycles. The minimum atomic E-state index is -3.46. The number of benzene rings is 1. The van der Waals surface area contributed by atoms with E-state index in [2.05, 4.69) is 21.0 Å². The van der Waals surface area contributed by atoms with Crippen LogP contribution in [0.25, 0.3) is 5.65 Å². The molecule has 8 heteroatoms. The Morgan fingerprint density at radius 2 is 1.82 bits per heavy atom. The third-order valence-electron chi connectivity index (χ3n) is 3.23. The zero-order chi connectivity index (χ0) is 15.7. The fourth-order valence-electron chi connectivity index (χ4n) is 2.08. The number of nitrogens with zero attached hydrogens (tertiary/aromatic N) is 3. The molecule has 0 spiro atoms. The quantitative estimate of drug-likeness (QED) is 0.689. The second-order valence-corrected chi connectivity index (χ2v) is 7.73. The van der Waals surface area contributed by atoms with Gasteiger partial charge in [-0.25, -0.2) is 17.9 Å². The molecule has 0 unspecified atom stereocenters. The van der Waals surface area contributed by atoms with Crippen LogP contribution in [0.4, 0.5) is 0 Å². The van der Waals surface area contributed by atoms with Crippen LogP contribution in [-0.4, -0.2) is 28.4 Å². The summed E-state index contributed by atoms with van der Waals surface area (Å²) in [4.78, 5) is 12.3. The molecule has 0 N–H and O–H groups in total. The number of hydrogen-bond acceptors (Lipinski definition) is 4. The van der Waals surface area contributed by atoms with E-state index in [1.807, 2.05) is 0 Å². The Labute approximate surface area is 135 Å². The van der Waals surface area contributed by atoms with E-state index in [0.29, 0.717) is 5.65 Å². The van der Waals surface area contributed by atoms with Gasteiger partial charge in [-0.2, -0.15) is 0 Å². The monoisotopic (exact) mass is 381 g/mol. The largest absolute Gasteiger partial charge is 0.350 e. The number of aryl methyl sites for hydroxylation is 1. The van der Waals surface area contributed by atoms with Crippen molar-refractivity contribution in [2.45, 2.75) is 11.4 Å². The molecule has 0 amide bonds. The fraction of sp³-hybridized carbons (Fsp3) is 0.143. The van der Waals surface area contributed by atoms with E-state index in [-0.39, 0.29) is 22.9 Å². The molecule has 3 aromatic rings. The summed E-state index contributed by atoms with van der Waals surface area (Å²) in [5.41, 5.74) is 0.148. The van der Waals surface area contributed by atoms with Crippen LogP contribution in [-0.2, 0) is 16.4 Å². The van der Waals surface area contributed by atoms with Crippen molar-refractivity contribution in [3.8, 4) is 0 Å². The molecule has 2 heterocycles. The number of pyridine rings is 1. The molecule has 1 aromatic carbocycles. The first-order valence-corrected chi connectivity index (χ1v) is 8.94. The average molecular weight is 382 g/mol. The molecule has 0 atom stereocenters. The number of halogens is 1. The van der Waals surface area contributed by atoms with Crippen molar-refractivity contribution < 1.29 is 8.42 Å². The first kappa shape index (κ1) is 15.0. The lowest BCUT2D eigenvalue weighted by Gasteiger charge is -2.04. The summed E-state index contributed by atoms with van der Waals surface area (Å²) in [7, 11) is -3.46. The number of sulfone groups is 1. The van der Waals surface area contributed by atoms with Crippen molar-refractivity contribution in [3.63, 3.8) is 0 Å². The van der Waals surface area contributed by atoms with Gasteiger partial charge >= 0.3 is 5.69 Å². The van der Waals surface area contributed by atoms with Gasteiger partial charge in [-0.1, -0.05) is 22.0 Å². The van der Waals surface area contributed by atoms with E-state index in [1.54, 1.807) is 36.5 Å². The molecule has 0 saturated heterocycles. The Morgan fingerprint density at radius 1 is 1.09 bits per heavy atom. The molecular formula is C14H12BrN3O3S. The van der Waals surface area contributed by atoms with Crippen LogP contribution < -0.4 is 5.69 Å². The summed E-state index contributed by atoms with van der Waals surface area (Å²) in [5.74, 6) is -0.182. The second-order valence-electron chi connectivity index (χ2n) is 4.71. The minimum Gasteiger partial charge on any atom is -0.250 e. The van der Waals surface area contributed by atoms with Crippen LogP contribution in [0, 0.1) is 0 Å². The normalized spacial score (nSPS) is 11.9. The number of hydrogen-bond donors (Lipinski definition) is 0. The van der Waals surface area contributed by atoms with Gasteiger partial charge in [-0.05, 0) is 36.4 Å². The molecule has 0 radical (unpaired) electrons. The predicted octanol–water partition coefficient (Wildman–Crippen LogP) is 1.73.